The number of nitrogens with one attached hydrogen (secondary N) is 1. The smallest absolute Gasteiger partial charge is 0.301 e. The van der Waals surface area contributed by atoms with Crippen LogP contribution in [0.2, 0.25) is 0 Å². The van der Waals surface area contributed by atoms with Gasteiger partial charge in [-0.15, -0.1) is 0 Å². The summed E-state index contributed by atoms with van der Waals surface area (Å²) >= 11 is 0. The van der Waals surface area contributed by atoms with E-state index in [0.717, 1.165) is 17.7 Å². The zero-order chi connectivity index (χ0) is 24.3. The fourth-order valence-corrected chi connectivity index (χ4v) is 3.75. The predicted molar refractivity (Wildman–Crippen MR) is 117 cm³/mol. The zero-order valence-electron chi connectivity index (χ0n) is 18.1. The summed E-state index contributed by atoms with van der Waals surface area (Å²) in [5, 5.41) is 21.0. The highest BCUT2D eigenvalue weighted by molar-refractivity contribution is 5.94. The number of hydrogen-bond donors (Lipinski definition) is 1. The van der Waals surface area contributed by atoms with Gasteiger partial charge in [0.25, 0.3) is 0 Å². The average Bonchev–Trinajstić information content (AvgIpc) is 3.66. The largest absolute Gasteiger partial charge is 0.483 e. The summed E-state index contributed by atoms with van der Waals surface area (Å²) in [6.45, 7) is -0.814. The van der Waals surface area contributed by atoms with Gasteiger partial charge in [0.05, 0.1) is 23.9 Å². The summed E-state index contributed by atoms with van der Waals surface area (Å²) in [5.74, 6) is -3.98. The molecule has 1 saturated carbocycles. The number of ether oxygens (including phenoxy) is 1. The van der Waals surface area contributed by atoms with E-state index in [1.54, 1.807) is 24.3 Å². The quantitative estimate of drug-likeness (QED) is 0.697. The molecule has 1 aromatic carbocycles. The van der Waals surface area contributed by atoms with Gasteiger partial charge in [-0.1, -0.05) is 0 Å². The van der Waals surface area contributed by atoms with Crippen molar-refractivity contribution in [1.82, 2.24) is 9.88 Å². The maximum atomic E-state index is 14.7. The van der Waals surface area contributed by atoms with Crippen molar-refractivity contribution < 1.29 is 23.1 Å². The minimum Gasteiger partial charge on any atom is -0.483 e. The lowest BCUT2D eigenvalue weighted by atomic mass is 10.0. The Bertz CT molecular complexity index is 1200. The molecule has 0 radical (unpaired) electrons. The summed E-state index contributed by atoms with van der Waals surface area (Å²) in [4.78, 5) is 29.0. The van der Waals surface area contributed by atoms with Crippen molar-refractivity contribution in [3.63, 3.8) is 0 Å². The maximum Gasteiger partial charge on any atom is 0.301 e. The molecule has 1 N–H and O–H groups in total. The Morgan fingerprint density at radius 3 is 2.68 bits per heavy atom. The van der Waals surface area contributed by atoms with Gasteiger partial charge in [0.15, 0.2) is 6.10 Å². The summed E-state index contributed by atoms with van der Waals surface area (Å²) in [7, 11) is 0. The van der Waals surface area contributed by atoms with Crippen molar-refractivity contribution in [3.8, 4) is 29.1 Å². The first-order valence-corrected chi connectivity index (χ1v) is 10.8. The molecular weight excluding hydrogens is 444 g/mol. The number of nitriles is 2. The lowest BCUT2D eigenvalue weighted by molar-refractivity contribution is -0.159. The van der Waals surface area contributed by atoms with Gasteiger partial charge >= 0.3 is 5.92 Å². The molecule has 8 nitrogen and oxygen atoms in total. The Morgan fingerprint density at radius 1 is 1.21 bits per heavy atom. The fourth-order valence-electron chi connectivity index (χ4n) is 3.75. The topological polar surface area (TPSA) is 119 Å². The van der Waals surface area contributed by atoms with Crippen LogP contribution in [0.1, 0.15) is 31.2 Å². The standard InChI is InChI=1S/C24H21F2N5O3/c25-24(26)14-31(22(32)5-8-27)10-7-21(24)34-20-4-3-16(11-17(20)13-28)19-12-18(6-9-29-19)30-23(33)15-1-2-15/h3-4,6,9,11-12,15,21H,1-2,5,7,10,14H2,(H,29,30,33)/t21-/m0/s1. The molecule has 2 aliphatic rings. The number of amides is 2. The minimum atomic E-state index is -3.34. The van der Waals surface area contributed by atoms with E-state index in [4.69, 9.17) is 10.00 Å². The molecule has 0 bridgehead atoms. The molecule has 1 saturated heterocycles. The SMILES string of the molecule is N#CCC(=O)N1CC[C@H](Oc2ccc(-c3cc(NC(=O)C4CC4)ccn3)cc2C#N)C(F)(F)C1. The third-order valence-corrected chi connectivity index (χ3v) is 5.76. The number of aromatic nitrogens is 1. The van der Waals surface area contributed by atoms with E-state index in [2.05, 4.69) is 10.3 Å². The van der Waals surface area contributed by atoms with Crippen molar-refractivity contribution in [1.29, 1.82) is 10.5 Å². The van der Waals surface area contributed by atoms with Gasteiger partial charge in [-0.2, -0.15) is 10.5 Å². The van der Waals surface area contributed by atoms with Gasteiger partial charge in [-0.3, -0.25) is 14.6 Å². The van der Waals surface area contributed by atoms with Gasteiger partial charge < -0.3 is 15.0 Å². The van der Waals surface area contributed by atoms with Gasteiger partial charge in [-0.05, 0) is 43.2 Å². The lowest BCUT2D eigenvalue weighted by Gasteiger charge is -2.38. The van der Waals surface area contributed by atoms with Crippen LogP contribution in [0.3, 0.4) is 0 Å². The number of alkyl halides is 2. The molecule has 1 aliphatic carbocycles. The summed E-state index contributed by atoms with van der Waals surface area (Å²) in [6.07, 6.45) is 1.18. The second-order valence-corrected chi connectivity index (χ2v) is 8.32. The Hall–Kier alpha value is -4.05. The molecule has 1 aromatic heterocycles. The molecular formula is C24H21F2N5O3. The van der Waals surface area contributed by atoms with Crippen molar-refractivity contribution in [2.24, 2.45) is 5.92 Å². The second kappa shape index (κ2) is 9.44. The van der Waals surface area contributed by atoms with Gasteiger partial charge in [0, 0.05) is 36.3 Å². The Morgan fingerprint density at radius 2 is 2.00 bits per heavy atom. The molecule has 2 fully saturated rings. The van der Waals surface area contributed by atoms with Crippen LogP contribution in [0.15, 0.2) is 36.5 Å². The lowest BCUT2D eigenvalue weighted by Crippen LogP contribution is -2.55. The van der Waals surface area contributed by atoms with Crippen LogP contribution >= 0.6 is 0 Å². The first-order chi connectivity index (χ1) is 16.3. The van der Waals surface area contributed by atoms with E-state index in [9.17, 15) is 23.6 Å². The maximum absolute atomic E-state index is 14.7. The summed E-state index contributed by atoms with van der Waals surface area (Å²) < 4.78 is 34.9. The Balaban J connectivity index is 1.49. The number of nitrogens with zero attached hydrogens (tertiary/aromatic N) is 4. The number of carbonyl (C=O) groups is 2. The molecule has 4 rings (SSSR count). The number of carbonyl (C=O) groups excluding carboxylic acids is 2. The first kappa shape index (κ1) is 23.1. The molecule has 1 aliphatic heterocycles. The monoisotopic (exact) mass is 465 g/mol. The normalized spacial score (nSPS) is 18.9. The minimum absolute atomic E-state index is 0.00548. The van der Waals surface area contributed by atoms with Crippen LogP contribution in [0, 0.1) is 28.6 Å². The number of halogens is 2. The van der Waals surface area contributed by atoms with E-state index in [1.165, 1.54) is 18.3 Å². The zero-order valence-corrected chi connectivity index (χ0v) is 18.1. The average molecular weight is 465 g/mol. The highest BCUT2D eigenvalue weighted by Crippen LogP contribution is 2.34. The van der Waals surface area contributed by atoms with Crippen molar-refractivity contribution in [2.75, 3.05) is 18.4 Å². The van der Waals surface area contributed by atoms with Gasteiger partial charge in [0.2, 0.25) is 11.8 Å². The molecule has 174 valence electrons. The number of piperidine rings is 1. The number of benzene rings is 1. The summed E-state index contributed by atoms with van der Waals surface area (Å²) in [5.41, 5.74) is 1.71. The molecule has 34 heavy (non-hydrogen) atoms. The van der Waals surface area contributed by atoms with E-state index < -0.39 is 30.9 Å². The Labute approximate surface area is 194 Å². The van der Waals surface area contributed by atoms with Gasteiger partial charge in [0.1, 0.15) is 18.2 Å². The van der Waals surface area contributed by atoms with Crippen LogP contribution in [0.25, 0.3) is 11.3 Å². The second-order valence-electron chi connectivity index (χ2n) is 8.32. The first-order valence-electron chi connectivity index (χ1n) is 10.8. The number of anilines is 1. The molecule has 0 unspecified atom stereocenters. The van der Waals surface area contributed by atoms with Crippen LogP contribution in [0.4, 0.5) is 14.5 Å². The third kappa shape index (κ3) is 5.12. The number of likely N-dealkylation sites (tertiary alicyclic amines) is 1. The number of pyridine rings is 1. The molecule has 2 amide bonds. The van der Waals surface area contributed by atoms with E-state index in [1.807, 2.05) is 6.07 Å². The number of hydrogen-bond acceptors (Lipinski definition) is 6. The summed E-state index contributed by atoms with van der Waals surface area (Å²) in [6, 6.07) is 11.5. The van der Waals surface area contributed by atoms with E-state index in [-0.39, 0.29) is 36.1 Å². The molecule has 2 heterocycles. The fraction of sp³-hybridized carbons (Fsp3) is 0.375. The van der Waals surface area contributed by atoms with Crippen LogP contribution in [-0.4, -0.2) is 46.8 Å². The van der Waals surface area contributed by atoms with Crippen molar-refractivity contribution in [3.05, 3.63) is 42.1 Å². The van der Waals surface area contributed by atoms with Crippen LogP contribution in [-0.2, 0) is 9.59 Å². The third-order valence-electron chi connectivity index (χ3n) is 5.76. The van der Waals surface area contributed by atoms with E-state index in [0.29, 0.717) is 16.9 Å². The van der Waals surface area contributed by atoms with Crippen LogP contribution in [0.5, 0.6) is 5.75 Å². The molecule has 0 spiro atoms. The highest BCUT2D eigenvalue weighted by Gasteiger charge is 2.47. The van der Waals surface area contributed by atoms with E-state index >= 15 is 0 Å². The highest BCUT2D eigenvalue weighted by atomic mass is 19.3. The van der Waals surface area contributed by atoms with Crippen LogP contribution < -0.4 is 10.1 Å². The number of rotatable bonds is 6. The van der Waals surface area contributed by atoms with Crippen molar-refractivity contribution >= 4 is 17.5 Å². The molecule has 10 heteroatoms. The predicted octanol–water partition coefficient (Wildman–Crippen LogP) is 3.50. The molecule has 2 aromatic rings. The van der Waals surface area contributed by atoms with Crippen molar-refractivity contribution in [2.45, 2.75) is 37.7 Å². The van der Waals surface area contributed by atoms with Gasteiger partial charge in [-0.25, -0.2) is 8.78 Å². The Kier molecular flexibility index (Phi) is 6.42. The molecule has 1 atom stereocenters.